The van der Waals surface area contributed by atoms with Crippen molar-refractivity contribution in [2.45, 2.75) is 0 Å². The molecule has 0 atom stereocenters. The molecule has 0 bridgehead atoms. The van der Waals surface area contributed by atoms with Crippen LogP contribution in [0.3, 0.4) is 0 Å². The van der Waals surface area contributed by atoms with Crippen LogP contribution in [0, 0.1) is 17.5 Å². The quantitative estimate of drug-likeness (QED) is 0.903. The van der Waals surface area contributed by atoms with E-state index in [1.165, 1.54) is 18.2 Å². The van der Waals surface area contributed by atoms with Gasteiger partial charge < -0.3 is 10.6 Å². The van der Waals surface area contributed by atoms with E-state index in [0.717, 1.165) is 12.1 Å². The Kier molecular flexibility index (Phi) is 4.24. The smallest absolute Gasteiger partial charge is 0.243 e. The summed E-state index contributed by atoms with van der Waals surface area (Å²) in [5, 5.41) is 4.97. The van der Waals surface area contributed by atoms with Crippen LogP contribution in [0.5, 0.6) is 0 Å². The van der Waals surface area contributed by atoms with Crippen LogP contribution < -0.4 is 10.6 Å². The number of amides is 1. The third-order valence-electron chi connectivity index (χ3n) is 2.48. The molecule has 0 aromatic heterocycles. The number of carbonyl (C=O) groups excluding carboxylic acids is 1. The van der Waals surface area contributed by atoms with Gasteiger partial charge in [0, 0.05) is 11.8 Å². The molecule has 1 amide bonds. The monoisotopic (exact) mass is 280 g/mol. The van der Waals surface area contributed by atoms with Gasteiger partial charge in [0.25, 0.3) is 0 Å². The van der Waals surface area contributed by atoms with Gasteiger partial charge in [0.05, 0.1) is 12.2 Å². The SMILES string of the molecule is O=C(CNc1cccc(F)c1)Nc1ccc(F)cc1F. The molecule has 0 aliphatic rings. The van der Waals surface area contributed by atoms with Crippen molar-refractivity contribution in [3.05, 3.63) is 59.9 Å². The van der Waals surface area contributed by atoms with Gasteiger partial charge in [-0.15, -0.1) is 0 Å². The Balaban J connectivity index is 1.92. The Labute approximate surface area is 113 Å². The van der Waals surface area contributed by atoms with Gasteiger partial charge in [-0.25, -0.2) is 13.2 Å². The van der Waals surface area contributed by atoms with Crippen molar-refractivity contribution in [2.24, 2.45) is 0 Å². The summed E-state index contributed by atoms with van der Waals surface area (Å²) in [6.45, 7) is -0.166. The second-order valence-electron chi connectivity index (χ2n) is 4.04. The molecule has 0 fully saturated rings. The number of carbonyl (C=O) groups is 1. The van der Waals surface area contributed by atoms with Crippen molar-refractivity contribution < 1.29 is 18.0 Å². The van der Waals surface area contributed by atoms with E-state index in [0.29, 0.717) is 11.8 Å². The molecule has 0 saturated carbocycles. The number of anilines is 2. The highest BCUT2D eigenvalue weighted by Crippen LogP contribution is 2.15. The number of rotatable bonds is 4. The molecule has 104 valence electrons. The normalized spacial score (nSPS) is 10.2. The molecule has 0 unspecified atom stereocenters. The lowest BCUT2D eigenvalue weighted by Crippen LogP contribution is -2.22. The maximum absolute atomic E-state index is 13.3. The van der Waals surface area contributed by atoms with Gasteiger partial charge in [-0.05, 0) is 30.3 Å². The summed E-state index contributed by atoms with van der Waals surface area (Å²) < 4.78 is 38.9. The molecule has 0 aliphatic carbocycles. The Morgan fingerprint density at radius 3 is 2.45 bits per heavy atom. The number of hydrogen-bond acceptors (Lipinski definition) is 2. The first-order valence-corrected chi connectivity index (χ1v) is 5.79. The van der Waals surface area contributed by atoms with Crippen molar-refractivity contribution in [3.8, 4) is 0 Å². The molecule has 2 aromatic rings. The van der Waals surface area contributed by atoms with E-state index in [1.54, 1.807) is 6.07 Å². The van der Waals surface area contributed by atoms with Crippen LogP contribution >= 0.6 is 0 Å². The minimum absolute atomic E-state index is 0.113. The second-order valence-corrected chi connectivity index (χ2v) is 4.04. The second kappa shape index (κ2) is 6.10. The summed E-state index contributed by atoms with van der Waals surface area (Å²) in [4.78, 5) is 11.6. The molecule has 2 rings (SSSR count). The minimum atomic E-state index is -0.857. The number of nitrogens with one attached hydrogen (secondary N) is 2. The third-order valence-corrected chi connectivity index (χ3v) is 2.48. The summed E-state index contributed by atoms with van der Waals surface area (Å²) >= 11 is 0. The molecular weight excluding hydrogens is 269 g/mol. The topological polar surface area (TPSA) is 41.1 Å². The largest absolute Gasteiger partial charge is 0.376 e. The molecule has 3 nitrogen and oxygen atoms in total. The first-order chi connectivity index (χ1) is 9.54. The summed E-state index contributed by atoms with van der Waals surface area (Å²) in [6.07, 6.45) is 0. The highest BCUT2D eigenvalue weighted by atomic mass is 19.1. The third kappa shape index (κ3) is 3.74. The summed E-state index contributed by atoms with van der Waals surface area (Å²) in [6, 6.07) is 8.44. The molecule has 0 aliphatic heterocycles. The van der Waals surface area contributed by atoms with Crippen LogP contribution in [0.1, 0.15) is 0 Å². The summed E-state index contributed by atoms with van der Waals surface area (Å²) in [5.74, 6) is -2.54. The maximum Gasteiger partial charge on any atom is 0.243 e. The predicted octanol–water partition coefficient (Wildman–Crippen LogP) is 3.15. The van der Waals surface area contributed by atoms with Crippen molar-refractivity contribution in [1.29, 1.82) is 0 Å². The number of hydrogen-bond donors (Lipinski definition) is 2. The van der Waals surface area contributed by atoms with Crippen LogP contribution in [-0.2, 0) is 4.79 Å². The van der Waals surface area contributed by atoms with Crippen LogP contribution in [0.4, 0.5) is 24.5 Å². The van der Waals surface area contributed by atoms with E-state index in [1.807, 2.05) is 0 Å². The van der Waals surface area contributed by atoms with Crippen molar-refractivity contribution in [1.82, 2.24) is 0 Å². The van der Waals surface area contributed by atoms with Crippen molar-refractivity contribution in [2.75, 3.05) is 17.2 Å². The molecule has 20 heavy (non-hydrogen) atoms. The van der Waals surface area contributed by atoms with Gasteiger partial charge in [-0.1, -0.05) is 6.07 Å². The molecule has 0 spiro atoms. The summed E-state index contributed by atoms with van der Waals surface area (Å²) in [5.41, 5.74) is 0.317. The number of benzene rings is 2. The summed E-state index contributed by atoms with van der Waals surface area (Å²) in [7, 11) is 0. The van der Waals surface area contributed by atoms with Crippen LogP contribution in [0.15, 0.2) is 42.5 Å². The molecule has 2 N–H and O–H groups in total. The standard InChI is InChI=1S/C14H11F3N2O/c15-9-2-1-3-11(6-9)18-8-14(20)19-13-5-4-10(16)7-12(13)17/h1-7,18H,8H2,(H,19,20). The highest BCUT2D eigenvalue weighted by molar-refractivity contribution is 5.93. The van der Waals surface area contributed by atoms with E-state index in [4.69, 9.17) is 0 Å². The Hall–Kier alpha value is -2.50. The van der Waals surface area contributed by atoms with Gasteiger partial charge in [-0.2, -0.15) is 0 Å². The van der Waals surface area contributed by atoms with Gasteiger partial charge >= 0.3 is 0 Å². The van der Waals surface area contributed by atoms with Crippen LogP contribution in [-0.4, -0.2) is 12.5 Å². The van der Waals surface area contributed by atoms with E-state index < -0.39 is 23.4 Å². The average molecular weight is 280 g/mol. The fourth-order valence-electron chi connectivity index (χ4n) is 1.57. The zero-order valence-electron chi connectivity index (χ0n) is 10.3. The van der Waals surface area contributed by atoms with Gasteiger partial charge in [-0.3, -0.25) is 4.79 Å². The maximum atomic E-state index is 13.3. The van der Waals surface area contributed by atoms with Crippen molar-refractivity contribution >= 4 is 17.3 Å². The molecule has 0 radical (unpaired) electrons. The van der Waals surface area contributed by atoms with E-state index in [9.17, 15) is 18.0 Å². The molecule has 0 saturated heterocycles. The molecular formula is C14H11F3N2O. The first kappa shape index (κ1) is 13.9. The Morgan fingerprint density at radius 1 is 1.00 bits per heavy atom. The molecule has 0 heterocycles. The first-order valence-electron chi connectivity index (χ1n) is 5.79. The highest BCUT2D eigenvalue weighted by Gasteiger charge is 2.07. The fourth-order valence-corrected chi connectivity index (χ4v) is 1.57. The van der Waals surface area contributed by atoms with Crippen LogP contribution in [0.25, 0.3) is 0 Å². The van der Waals surface area contributed by atoms with Gasteiger partial charge in [0.1, 0.15) is 17.5 Å². The van der Waals surface area contributed by atoms with Gasteiger partial charge in [0.2, 0.25) is 5.91 Å². The Bertz CT molecular complexity index is 632. The fraction of sp³-hybridized carbons (Fsp3) is 0.0714. The van der Waals surface area contributed by atoms with Crippen LogP contribution in [0.2, 0.25) is 0 Å². The lowest BCUT2D eigenvalue weighted by atomic mass is 10.3. The molecule has 6 heteroatoms. The van der Waals surface area contributed by atoms with E-state index in [2.05, 4.69) is 10.6 Å². The number of halogens is 3. The van der Waals surface area contributed by atoms with Gasteiger partial charge in [0.15, 0.2) is 0 Å². The molecule has 2 aromatic carbocycles. The average Bonchev–Trinajstić information content (AvgIpc) is 2.40. The zero-order valence-corrected chi connectivity index (χ0v) is 10.3. The van der Waals surface area contributed by atoms with E-state index >= 15 is 0 Å². The predicted molar refractivity (Wildman–Crippen MR) is 69.9 cm³/mol. The van der Waals surface area contributed by atoms with Crippen molar-refractivity contribution in [3.63, 3.8) is 0 Å². The zero-order chi connectivity index (χ0) is 14.5. The van der Waals surface area contributed by atoms with E-state index in [-0.39, 0.29) is 12.2 Å². The minimum Gasteiger partial charge on any atom is -0.376 e. The lowest BCUT2D eigenvalue weighted by Gasteiger charge is -2.08. The lowest BCUT2D eigenvalue weighted by molar-refractivity contribution is -0.114. The Morgan fingerprint density at radius 2 is 1.75 bits per heavy atom.